The molecule has 0 saturated heterocycles. The highest BCUT2D eigenvalue weighted by molar-refractivity contribution is 5.86. The molecule has 0 amide bonds. The van der Waals surface area contributed by atoms with Crippen molar-refractivity contribution in [3.05, 3.63) is 71.9 Å². The van der Waals surface area contributed by atoms with Crippen LogP contribution in [0.4, 0.5) is 8.78 Å². The van der Waals surface area contributed by atoms with Gasteiger partial charge in [-0.1, -0.05) is 33.9 Å². The van der Waals surface area contributed by atoms with E-state index in [0.29, 0.717) is 34.7 Å². The maximum absolute atomic E-state index is 15.3. The van der Waals surface area contributed by atoms with Gasteiger partial charge < -0.3 is 14.6 Å². The van der Waals surface area contributed by atoms with Gasteiger partial charge in [0.2, 0.25) is 0 Å². The molecule has 4 rings (SSSR count). The molecule has 6 heteroatoms. The van der Waals surface area contributed by atoms with Gasteiger partial charge in [0.1, 0.15) is 22.9 Å². The molecule has 4 heterocycles. The summed E-state index contributed by atoms with van der Waals surface area (Å²) in [6.45, 7) is 14.3. The van der Waals surface area contributed by atoms with Gasteiger partial charge in [-0.25, -0.2) is 13.8 Å². The SMILES string of the molecule is C=C(O)C1=CN2C(=CC1=C)c1c(F)c3cc(F)cnc3n1CC2C(C)(C)C. The van der Waals surface area contributed by atoms with Crippen LogP contribution in [0.5, 0.6) is 0 Å². The summed E-state index contributed by atoms with van der Waals surface area (Å²) < 4.78 is 30.7. The minimum Gasteiger partial charge on any atom is -0.508 e. The van der Waals surface area contributed by atoms with Crippen LogP contribution in [0, 0.1) is 17.0 Å². The molecule has 0 aliphatic carbocycles. The summed E-state index contributed by atoms with van der Waals surface area (Å²) in [4.78, 5) is 6.10. The molecule has 2 aromatic heterocycles. The lowest BCUT2D eigenvalue weighted by atomic mass is 9.83. The smallest absolute Gasteiger partial charge is 0.160 e. The molecule has 2 aliphatic rings. The van der Waals surface area contributed by atoms with Crippen molar-refractivity contribution in [2.24, 2.45) is 5.41 Å². The van der Waals surface area contributed by atoms with Gasteiger partial charge in [-0.2, -0.15) is 0 Å². The third kappa shape index (κ3) is 2.51. The lowest BCUT2D eigenvalue weighted by Crippen LogP contribution is -2.47. The van der Waals surface area contributed by atoms with Gasteiger partial charge in [0.05, 0.1) is 23.3 Å². The number of aromatic nitrogens is 2. The number of aliphatic hydroxyl groups is 1. The molecule has 0 saturated carbocycles. The normalized spacial score (nSPS) is 19.5. The van der Waals surface area contributed by atoms with Crippen molar-refractivity contribution in [2.75, 3.05) is 0 Å². The fraction of sp³-hybridized carbons (Fsp3) is 0.286. The monoisotopic (exact) mass is 369 g/mol. The molecule has 140 valence electrons. The van der Waals surface area contributed by atoms with Gasteiger partial charge in [-0.05, 0) is 23.1 Å². The lowest BCUT2D eigenvalue weighted by molar-refractivity contribution is 0.162. The predicted octanol–water partition coefficient (Wildman–Crippen LogP) is 4.91. The number of hydrogen-bond donors (Lipinski definition) is 1. The summed E-state index contributed by atoms with van der Waals surface area (Å²) in [6.07, 6.45) is 4.61. The zero-order chi connectivity index (χ0) is 19.7. The molecule has 1 unspecified atom stereocenters. The molecule has 4 nitrogen and oxygen atoms in total. The Morgan fingerprint density at radius 3 is 2.67 bits per heavy atom. The molecular weight excluding hydrogens is 348 g/mol. The van der Waals surface area contributed by atoms with Crippen LogP contribution in [0.15, 0.2) is 54.6 Å². The Labute approximate surface area is 156 Å². The number of rotatable bonds is 1. The maximum atomic E-state index is 15.3. The van der Waals surface area contributed by atoms with Gasteiger partial charge in [0.25, 0.3) is 0 Å². The number of fused-ring (bicyclic) bond motifs is 5. The molecule has 2 aliphatic heterocycles. The fourth-order valence-corrected chi connectivity index (χ4v) is 3.86. The van der Waals surface area contributed by atoms with E-state index in [1.807, 2.05) is 9.47 Å². The number of nitrogens with zero attached hydrogens (tertiary/aromatic N) is 3. The molecule has 0 bridgehead atoms. The minimum absolute atomic E-state index is 0.0412. The Morgan fingerprint density at radius 2 is 2.04 bits per heavy atom. The van der Waals surface area contributed by atoms with Crippen molar-refractivity contribution in [2.45, 2.75) is 33.4 Å². The molecule has 1 N–H and O–H groups in total. The van der Waals surface area contributed by atoms with Crippen LogP contribution in [-0.4, -0.2) is 25.6 Å². The summed E-state index contributed by atoms with van der Waals surface area (Å²) in [5.74, 6) is -1.17. The average molecular weight is 369 g/mol. The highest BCUT2D eigenvalue weighted by Gasteiger charge is 2.41. The number of halogens is 2. The van der Waals surface area contributed by atoms with Crippen molar-refractivity contribution < 1.29 is 13.9 Å². The van der Waals surface area contributed by atoms with E-state index in [9.17, 15) is 9.50 Å². The van der Waals surface area contributed by atoms with E-state index >= 15 is 4.39 Å². The van der Waals surface area contributed by atoms with E-state index < -0.39 is 11.6 Å². The third-order valence-corrected chi connectivity index (χ3v) is 5.25. The van der Waals surface area contributed by atoms with Crippen LogP contribution >= 0.6 is 0 Å². The first-order chi connectivity index (χ1) is 12.6. The standard InChI is InChI=1S/C21H21F2N3O/c1-11-6-16-19-18(23)14-7-13(22)8-24-20(14)26(19)10-17(21(3,4)5)25(16)9-15(11)12(2)27/h6-9,17,27H,1-2,10H2,3-5H3. The number of hydrogen-bond acceptors (Lipinski definition) is 3. The molecule has 2 aromatic rings. The number of allylic oxidation sites excluding steroid dienone is 2. The first-order valence-corrected chi connectivity index (χ1v) is 8.72. The topological polar surface area (TPSA) is 41.3 Å². The Bertz CT molecular complexity index is 1070. The highest BCUT2D eigenvalue weighted by Crippen LogP contribution is 2.44. The highest BCUT2D eigenvalue weighted by atomic mass is 19.1. The van der Waals surface area contributed by atoms with E-state index in [1.54, 1.807) is 12.3 Å². The molecule has 27 heavy (non-hydrogen) atoms. The van der Waals surface area contributed by atoms with Crippen LogP contribution in [0.3, 0.4) is 0 Å². The zero-order valence-corrected chi connectivity index (χ0v) is 15.6. The summed E-state index contributed by atoms with van der Waals surface area (Å²) in [7, 11) is 0. The maximum Gasteiger partial charge on any atom is 0.160 e. The van der Waals surface area contributed by atoms with E-state index in [2.05, 4.69) is 38.9 Å². The van der Waals surface area contributed by atoms with Gasteiger partial charge >= 0.3 is 0 Å². The van der Waals surface area contributed by atoms with Crippen molar-refractivity contribution in [1.29, 1.82) is 0 Å². The van der Waals surface area contributed by atoms with Crippen molar-refractivity contribution >= 4 is 16.7 Å². The molecule has 1 atom stereocenters. The Balaban J connectivity index is 2.02. The average Bonchev–Trinajstić information content (AvgIpc) is 2.84. The number of aliphatic hydroxyl groups excluding tert-OH is 1. The molecular formula is C21H21F2N3O. The van der Waals surface area contributed by atoms with Gasteiger partial charge in [0.15, 0.2) is 5.82 Å². The summed E-state index contributed by atoms with van der Waals surface area (Å²) >= 11 is 0. The summed E-state index contributed by atoms with van der Waals surface area (Å²) in [5, 5.41) is 10.1. The fourth-order valence-electron chi connectivity index (χ4n) is 3.86. The van der Waals surface area contributed by atoms with Crippen LogP contribution in [0.1, 0.15) is 26.5 Å². The van der Waals surface area contributed by atoms with E-state index in [4.69, 9.17) is 0 Å². The lowest BCUT2D eigenvalue weighted by Gasteiger charge is -2.46. The summed E-state index contributed by atoms with van der Waals surface area (Å²) in [5.41, 5.74) is 2.28. The van der Waals surface area contributed by atoms with Crippen LogP contribution in [0.25, 0.3) is 16.7 Å². The van der Waals surface area contributed by atoms with Crippen molar-refractivity contribution in [3.8, 4) is 0 Å². The largest absolute Gasteiger partial charge is 0.508 e. The van der Waals surface area contributed by atoms with Crippen LogP contribution in [-0.2, 0) is 6.54 Å². The second-order valence-corrected chi connectivity index (χ2v) is 8.13. The third-order valence-electron chi connectivity index (χ3n) is 5.25. The first kappa shape index (κ1) is 17.5. The van der Waals surface area contributed by atoms with Crippen molar-refractivity contribution in [1.82, 2.24) is 14.5 Å². The van der Waals surface area contributed by atoms with Gasteiger partial charge in [-0.3, -0.25) is 0 Å². The van der Waals surface area contributed by atoms with Crippen molar-refractivity contribution in [3.63, 3.8) is 0 Å². The van der Waals surface area contributed by atoms with Crippen LogP contribution < -0.4 is 0 Å². The minimum atomic E-state index is -0.575. The molecule has 0 radical (unpaired) electrons. The molecule has 0 spiro atoms. The first-order valence-electron chi connectivity index (χ1n) is 8.72. The second kappa shape index (κ2) is 5.55. The van der Waals surface area contributed by atoms with Gasteiger partial charge in [-0.15, -0.1) is 0 Å². The predicted molar refractivity (Wildman–Crippen MR) is 102 cm³/mol. The Morgan fingerprint density at radius 1 is 1.33 bits per heavy atom. The molecule has 0 aromatic carbocycles. The van der Waals surface area contributed by atoms with E-state index in [1.165, 1.54) is 6.07 Å². The van der Waals surface area contributed by atoms with Crippen LogP contribution in [0.2, 0.25) is 0 Å². The zero-order valence-electron chi connectivity index (χ0n) is 15.6. The van der Waals surface area contributed by atoms with E-state index in [-0.39, 0.29) is 22.6 Å². The van der Waals surface area contributed by atoms with Gasteiger partial charge in [0, 0.05) is 18.3 Å². The quantitative estimate of drug-likeness (QED) is 0.726. The number of pyridine rings is 1. The molecule has 0 fully saturated rings. The second-order valence-electron chi connectivity index (χ2n) is 8.13. The van der Waals surface area contributed by atoms with E-state index in [0.717, 1.165) is 6.20 Å². The Hall–Kier alpha value is -2.89. The Kier molecular flexibility index (Phi) is 3.60. The summed E-state index contributed by atoms with van der Waals surface area (Å²) in [6, 6.07) is 1.13.